The number of rotatable bonds is 6. The van der Waals surface area contributed by atoms with Gasteiger partial charge in [0.1, 0.15) is 5.58 Å². The Labute approximate surface area is 363 Å². The average Bonchev–Trinajstić information content (AvgIpc) is 4.01. The summed E-state index contributed by atoms with van der Waals surface area (Å²) in [6, 6.07) is 82.0. The Hall–Kier alpha value is -7.72. The van der Waals surface area contributed by atoms with E-state index in [0.29, 0.717) is 0 Å². The van der Waals surface area contributed by atoms with E-state index in [4.69, 9.17) is 4.42 Å². The first kappa shape index (κ1) is 35.1. The van der Waals surface area contributed by atoms with E-state index in [-0.39, 0.29) is 0 Å². The van der Waals surface area contributed by atoms with Crippen LogP contribution in [-0.2, 0) is 5.41 Å². The minimum Gasteiger partial charge on any atom is -0.453 e. The van der Waals surface area contributed by atoms with Crippen molar-refractivity contribution in [1.82, 2.24) is 0 Å². The van der Waals surface area contributed by atoms with Crippen molar-refractivity contribution in [3.8, 4) is 22.3 Å². The highest BCUT2D eigenvalue weighted by Gasteiger charge is 2.46. The van der Waals surface area contributed by atoms with Crippen LogP contribution in [0.15, 0.2) is 229 Å². The van der Waals surface area contributed by atoms with Gasteiger partial charge in [-0.3, -0.25) is 0 Å². The Morgan fingerprint density at radius 2 is 1.00 bits per heavy atom. The maximum atomic E-state index is 7.41. The largest absolute Gasteiger partial charge is 0.453 e. The molecule has 13 rings (SSSR count). The zero-order valence-corrected chi connectivity index (χ0v) is 34.4. The van der Waals surface area contributed by atoms with Crippen molar-refractivity contribution >= 4 is 81.3 Å². The van der Waals surface area contributed by atoms with E-state index < -0.39 is 5.41 Å². The SMILES string of the molecule is c1ccc(N(c2ccc3c(c2)C(c2ccccc2)(c2ccccc2)c2ccccc2-3)c2cccc3c2oc2c(-c4cccc5c4sc4ccccc45)c4ccccc4cc23)cc1. The van der Waals surface area contributed by atoms with E-state index in [1.54, 1.807) is 0 Å². The van der Waals surface area contributed by atoms with Gasteiger partial charge in [0.05, 0.1) is 11.1 Å². The lowest BCUT2D eigenvalue weighted by Gasteiger charge is -2.34. The number of benzene rings is 10. The first-order chi connectivity index (χ1) is 30.8. The molecule has 0 spiro atoms. The molecule has 0 bridgehead atoms. The standard InChI is InChI=1S/C59H37NOS/c1-4-19-39(20-5-1)59(40-21-6-2-7-22-40)51-31-14-12-26-44(51)45-35-34-42(37-52(45)59)60(41-23-8-3-9-24-41)53-32-17-28-47-50-36-38-18-10-11-25-43(38)55(57(50)61-56(47)53)49-30-16-29-48-46-27-13-15-33-54(46)62-58(48)49/h1-37H. The molecule has 1 aliphatic rings. The Morgan fingerprint density at radius 3 is 1.81 bits per heavy atom. The second-order valence-corrected chi connectivity index (χ2v) is 17.4. The number of furan rings is 1. The fourth-order valence-corrected chi connectivity index (χ4v) is 11.8. The van der Waals surface area contributed by atoms with Crippen LogP contribution < -0.4 is 4.90 Å². The molecular formula is C59H37NOS. The highest BCUT2D eigenvalue weighted by molar-refractivity contribution is 7.26. The maximum absolute atomic E-state index is 7.41. The zero-order valence-electron chi connectivity index (χ0n) is 33.6. The van der Waals surface area contributed by atoms with Gasteiger partial charge in [0.15, 0.2) is 5.58 Å². The minimum atomic E-state index is -0.527. The summed E-state index contributed by atoms with van der Waals surface area (Å²) in [6.45, 7) is 0. The lowest BCUT2D eigenvalue weighted by atomic mass is 9.67. The summed E-state index contributed by atoms with van der Waals surface area (Å²) in [6.07, 6.45) is 0. The third-order valence-corrected chi connectivity index (χ3v) is 14.3. The van der Waals surface area contributed by atoms with Gasteiger partial charge in [-0.15, -0.1) is 11.3 Å². The number of hydrogen-bond donors (Lipinski definition) is 0. The van der Waals surface area contributed by atoms with Crippen molar-refractivity contribution in [3.63, 3.8) is 0 Å². The van der Waals surface area contributed by atoms with E-state index in [1.807, 2.05) is 11.3 Å². The van der Waals surface area contributed by atoms with Gasteiger partial charge in [0.25, 0.3) is 0 Å². The normalized spacial score (nSPS) is 13.0. The van der Waals surface area contributed by atoms with E-state index in [9.17, 15) is 0 Å². The summed E-state index contributed by atoms with van der Waals surface area (Å²) in [4.78, 5) is 2.39. The Bertz CT molecular complexity index is 3660. The van der Waals surface area contributed by atoms with Crippen molar-refractivity contribution < 1.29 is 4.42 Å². The average molecular weight is 808 g/mol. The van der Waals surface area contributed by atoms with E-state index >= 15 is 0 Å². The summed E-state index contributed by atoms with van der Waals surface area (Å²) < 4.78 is 9.98. The number of thiophene rings is 1. The molecule has 2 heterocycles. The fourth-order valence-electron chi connectivity index (χ4n) is 10.5. The van der Waals surface area contributed by atoms with E-state index in [0.717, 1.165) is 44.6 Å². The van der Waals surface area contributed by atoms with E-state index in [2.05, 4.69) is 229 Å². The molecule has 0 unspecified atom stereocenters. The molecule has 2 nitrogen and oxygen atoms in total. The lowest BCUT2D eigenvalue weighted by Crippen LogP contribution is -2.28. The second-order valence-electron chi connectivity index (χ2n) is 16.3. The molecule has 3 heteroatoms. The van der Waals surface area contributed by atoms with E-state index in [1.165, 1.54) is 69.9 Å². The van der Waals surface area contributed by atoms with Crippen molar-refractivity contribution in [2.75, 3.05) is 4.90 Å². The number of anilines is 3. The van der Waals surface area contributed by atoms with Gasteiger partial charge in [0, 0.05) is 53.4 Å². The van der Waals surface area contributed by atoms with Crippen LogP contribution in [0.2, 0.25) is 0 Å². The summed E-state index contributed by atoms with van der Waals surface area (Å²) in [5.41, 5.74) is 14.2. The predicted octanol–water partition coefficient (Wildman–Crippen LogP) is 16.6. The van der Waals surface area contributed by atoms with Crippen LogP contribution in [0.1, 0.15) is 22.3 Å². The predicted molar refractivity (Wildman–Crippen MR) is 262 cm³/mol. The van der Waals surface area contributed by atoms with Crippen LogP contribution in [0.5, 0.6) is 0 Å². The third kappa shape index (κ3) is 4.97. The molecule has 0 atom stereocenters. The van der Waals surface area contributed by atoms with Crippen LogP contribution in [0, 0.1) is 0 Å². The molecule has 0 N–H and O–H groups in total. The smallest absolute Gasteiger partial charge is 0.159 e. The summed E-state index contributed by atoms with van der Waals surface area (Å²) in [5.74, 6) is 0. The first-order valence-electron chi connectivity index (χ1n) is 21.3. The first-order valence-corrected chi connectivity index (χ1v) is 22.1. The van der Waals surface area contributed by atoms with Gasteiger partial charge in [-0.05, 0) is 86.6 Å². The molecule has 0 amide bonds. The summed E-state index contributed by atoms with van der Waals surface area (Å²) in [7, 11) is 0. The lowest BCUT2D eigenvalue weighted by molar-refractivity contribution is 0.670. The number of fused-ring (bicyclic) bond motifs is 10. The van der Waals surface area contributed by atoms with Gasteiger partial charge < -0.3 is 9.32 Å². The Kier molecular flexibility index (Phi) is 7.72. The second kappa shape index (κ2) is 13.7. The molecule has 0 fully saturated rings. The number of nitrogens with zero attached hydrogens (tertiary/aromatic N) is 1. The highest BCUT2D eigenvalue weighted by atomic mass is 32.1. The summed E-state index contributed by atoms with van der Waals surface area (Å²) >= 11 is 1.86. The molecule has 0 saturated carbocycles. The Balaban J connectivity index is 1.09. The number of para-hydroxylation sites is 2. The molecular weight excluding hydrogens is 771 g/mol. The molecule has 290 valence electrons. The molecule has 12 aromatic rings. The molecule has 0 aliphatic heterocycles. The molecule has 0 radical (unpaired) electrons. The fraction of sp³-hybridized carbons (Fsp3) is 0.0169. The quantitative estimate of drug-likeness (QED) is 0.166. The van der Waals surface area contributed by atoms with Gasteiger partial charge in [-0.1, -0.05) is 182 Å². The Morgan fingerprint density at radius 1 is 0.387 bits per heavy atom. The molecule has 0 saturated heterocycles. The van der Waals surface area contributed by atoms with Crippen molar-refractivity contribution in [3.05, 3.63) is 247 Å². The molecule has 2 aromatic heterocycles. The summed E-state index contributed by atoms with van der Waals surface area (Å²) in [5, 5.41) is 7.14. The number of hydrogen-bond acceptors (Lipinski definition) is 3. The van der Waals surface area contributed by atoms with Gasteiger partial charge in [0.2, 0.25) is 0 Å². The van der Waals surface area contributed by atoms with Crippen LogP contribution in [0.3, 0.4) is 0 Å². The van der Waals surface area contributed by atoms with Gasteiger partial charge in [-0.25, -0.2) is 0 Å². The van der Waals surface area contributed by atoms with Crippen molar-refractivity contribution in [2.45, 2.75) is 5.41 Å². The molecule has 10 aromatic carbocycles. The van der Waals surface area contributed by atoms with Crippen LogP contribution in [-0.4, -0.2) is 0 Å². The third-order valence-electron chi connectivity index (χ3n) is 13.1. The topological polar surface area (TPSA) is 16.4 Å². The monoisotopic (exact) mass is 807 g/mol. The van der Waals surface area contributed by atoms with Crippen LogP contribution in [0.4, 0.5) is 17.1 Å². The van der Waals surface area contributed by atoms with Gasteiger partial charge in [-0.2, -0.15) is 0 Å². The van der Waals surface area contributed by atoms with Crippen molar-refractivity contribution in [1.29, 1.82) is 0 Å². The maximum Gasteiger partial charge on any atom is 0.159 e. The minimum absolute atomic E-state index is 0.527. The van der Waals surface area contributed by atoms with Crippen LogP contribution >= 0.6 is 11.3 Å². The molecule has 62 heavy (non-hydrogen) atoms. The highest BCUT2D eigenvalue weighted by Crippen LogP contribution is 2.58. The zero-order chi connectivity index (χ0) is 40.8. The molecule has 1 aliphatic carbocycles. The van der Waals surface area contributed by atoms with Crippen molar-refractivity contribution in [2.24, 2.45) is 0 Å². The van der Waals surface area contributed by atoms with Gasteiger partial charge >= 0.3 is 0 Å². The van der Waals surface area contributed by atoms with Crippen LogP contribution in [0.25, 0.3) is 75.1 Å².